The molecule has 0 saturated carbocycles. The summed E-state index contributed by atoms with van der Waals surface area (Å²) in [7, 11) is 0. The molecule has 0 saturated heterocycles. The molecule has 0 aliphatic rings. The van der Waals surface area contributed by atoms with Crippen molar-refractivity contribution in [3.8, 4) is 16.9 Å². The van der Waals surface area contributed by atoms with Crippen LogP contribution in [0.25, 0.3) is 28.2 Å². The van der Waals surface area contributed by atoms with Crippen LogP contribution in [0, 0.1) is 0 Å². The normalized spacial score (nSPS) is 11.1. The van der Waals surface area contributed by atoms with Crippen LogP contribution in [0.3, 0.4) is 0 Å². The van der Waals surface area contributed by atoms with Crippen LogP contribution in [-0.4, -0.2) is 22.4 Å². The van der Waals surface area contributed by atoms with Crippen molar-refractivity contribution in [1.82, 2.24) is 9.97 Å². The van der Waals surface area contributed by atoms with Gasteiger partial charge in [0, 0.05) is 18.0 Å². The first-order chi connectivity index (χ1) is 15.2. The van der Waals surface area contributed by atoms with Gasteiger partial charge in [0.1, 0.15) is 5.75 Å². The summed E-state index contributed by atoms with van der Waals surface area (Å²) in [4.78, 5) is 21.1. The lowest BCUT2D eigenvalue weighted by Crippen LogP contribution is -1.96. The van der Waals surface area contributed by atoms with Gasteiger partial charge in [-0.05, 0) is 53.5 Å². The number of ether oxygens (including phenoxy) is 1. The zero-order valence-electron chi connectivity index (χ0n) is 17.5. The third-order valence-corrected chi connectivity index (χ3v) is 5.04. The van der Waals surface area contributed by atoms with E-state index in [1.807, 2.05) is 72.8 Å². The number of carbonyl (C=O) groups excluding carboxylic acids is 1. The number of allylic oxidation sites excluding steroid dienone is 1. The third kappa shape index (κ3) is 5.23. The number of benzene rings is 3. The predicted octanol–water partition coefficient (Wildman–Crippen LogP) is 6.37. The Morgan fingerprint density at radius 1 is 0.871 bits per heavy atom. The molecule has 1 aromatic heterocycles. The van der Waals surface area contributed by atoms with Crippen LogP contribution in [0.4, 0.5) is 0 Å². The number of carbonyl (C=O) groups is 1. The fourth-order valence-corrected chi connectivity index (χ4v) is 3.26. The number of aromatic nitrogens is 2. The first kappa shape index (κ1) is 20.5. The Hall–Kier alpha value is -3.79. The Kier molecular flexibility index (Phi) is 6.48. The zero-order chi connectivity index (χ0) is 21.5. The van der Waals surface area contributed by atoms with E-state index < -0.39 is 0 Å². The third-order valence-electron chi connectivity index (χ3n) is 5.04. The van der Waals surface area contributed by atoms with Crippen LogP contribution >= 0.6 is 0 Å². The van der Waals surface area contributed by atoms with Gasteiger partial charge in [0.05, 0.1) is 17.6 Å². The van der Waals surface area contributed by atoms with Gasteiger partial charge in [0.2, 0.25) is 0 Å². The van der Waals surface area contributed by atoms with E-state index in [-0.39, 0.29) is 5.78 Å². The lowest BCUT2D eigenvalue weighted by atomic mass is 10.0. The van der Waals surface area contributed by atoms with E-state index in [2.05, 4.69) is 16.9 Å². The molecular formula is C27H24N2O2. The minimum absolute atomic E-state index is 0.0366. The van der Waals surface area contributed by atoms with Crippen molar-refractivity contribution in [2.24, 2.45) is 0 Å². The summed E-state index contributed by atoms with van der Waals surface area (Å²) in [6.07, 6.45) is 8.91. The molecular weight excluding hydrogens is 384 g/mol. The highest BCUT2D eigenvalue weighted by atomic mass is 16.5. The molecule has 4 aromatic rings. The van der Waals surface area contributed by atoms with Crippen LogP contribution in [-0.2, 0) is 0 Å². The Morgan fingerprint density at radius 3 is 2.26 bits per heavy atom. The smallest absolute Gasteiger partial charge is 0.185 e. The topological polar surface area (TPSA) is 52.1 Å². The maximum absolute atomic E-state index is 12.6. The summed E-state index contributed by atoms with van der Waals surface area (Å²) < 4.78 is 5.72. The molecule has 4 rings (SSSR count). The molecule has 31 heavy (non-hydrogen) atoms. The fourth-order valence-electron chi connectivity index (χ4n) is 3.26. The summed E-state index contributed by atoms with van der Waals surface area (Å²) in [5, 5.41) is 0. The molecule has 0 fully saturated rings. The number of unbranched alkanes of at least 4 members (excludes halogenated alkanes) is 1. The van der Waals surface area contributed by atoms with Gasteiger partial charge in [0.15, 0.2) is 5.78 Å². The molecule has 4 heteroatoms. The van der Waals surface area contributed by atoms with E-state index in [0.717, 1.165) is 52.9 Å². The van der Waals surface area contributed by atoms with Crippen molar-refractivity contribution in [2.75, 3.05) is 6.61 Å². The minimum Gasteiger partial charge on any atom is -0.494 e. The molecule has 0 aliphatic heterocycles. The van der Waals surface area contributed by atoms with Crippen molar-refractivity contribution in [3.05, 3.63) is 96.3 Å². The van der Waals surface area contributed by atoms with Gasteiger partial charge in [0.25, 0.3) is 0 Å². The molecule has 0 aliphatic carbocycles. The van der Waals surface area contributed by atoms with Crippen LogP contribution in [0.2, 0.25) is 0 Å². The summed E-state index contributed by atoms with van der Waals surface area (Å²) in [5.41, 5.74) is 5.37. The largest absolute Gasteiger partial charge is 0.494 e. The number of rotatable bonds is 8. The number of nitrogens with zero attached hydrogens (tertiary/aromatic N) is 2. The second kappa shape index (κ2) is 9.81. The number of fused-ring (bicyclic) bond motifs is 1. The van der Waals surface area contributed by atoms with Crippen LogP contribution < -0.4 is 4.74 Å². The summed E-state index contributed by atoms with van der Waals surface area (Å²) in [6.45, 7) is 2.89. The van der Waals surface area contributed by atoms with Gasteiger partial charge in [-0.2, -0.15) is 0 Å². The Bertz CT molecular complexity index is 1200. The highest BCUT2D eigenvalue weighted by Gasteiger charge is 2.04. The summed E-state index contributed by atoms with van der Waals surface area (Å²) >= 11 is 0. The molecule has 0 unspecified atom stereocenters. The van der Waals surface area contributed by atoms with Crippen molar-refractivity contribution in [2.45, 2.75) is 19.8 Å². The van der Waals surface area contributed by atoms with Crippen LogP contribution in [0.1, 0.15) is 35.7 Å². The lowest BCUT2D eigenvalue weighted by Gasteiger charge is -2.07. The maximum Gasteiger partial charge on any atom is 0.185 e. The zero-order valence-corrected chi connectivity index (χ0v) is 17.5. The lowest BCUT2D eigenvalue weighted by molar-refractivity contribution is 0.104. The first-order valence-corrected chi connectivity index (χ1v) is 10.5. The van der Waals surface area contributed by atoms with Crippen molar-refractivity contribution in [3.63, 3.8) is 0 Å². The molecule has 0 spiro atoms. The second-order valence-corrected chi connectivity index (χ2v) is 7.31. The highest BCUT2D eigenvalue weighted by molar-refractivity contribution is 6.07. The molecule has 0 atom stereocenters. The van der Waals surface area contributed by atoms with E-state index >= 15 is 0 Å². The number of hydrogen-bond acceptors (Lipinski definition) is 4. The standard InChI is InChI=1S/C27H24N2O2/c1-2-3-18-31-24-12-10-22(11-13-24)21-6-8-23(9-7-21)27(30)15-5-20-4-14-25-26(19-20)29-17-16-28-25/h4-17,19H,2-3,18H2,1H3/b15-5+. The average Bonchev–Trinajstić information content (AvgIpc) is 2.83. The molecule has 3 aromatic carbocycles. The van der Waals surface area contributed by atoms with E-state index in [4.69, 9.17) is 4.74 Å². The molecule has 4 nitrogen and oxygen atoms in total. The van der Waals surface area contributed by atoms with Crippen LogP contribution in [0.15, 0.2) is 85.2 Å². The van der Waals surface area contributed by atoms with Gasteiger partial charge >= 0.3 is 0 Å². The molecule has 0 amide bonds. The van der Waals surface area contributed by atoms with E-state index in [9.17, 15) is 4.79 Å². The fraction of sp³-hybridized carbons (Fsp3) is 0.148. The Balaban J connectivity index is 1.42. The van der Waals surface area contributed by atoms with Crippen molar-refractivity contribution >= 4 is 22.9 Å². The first-order valence-electron chi connectivity index (χ1n) is 10.5. The Morgan fingerprint density at radius 2 is 1.55 bits per heavy atom. The summed E-state index contributed by atoms with van der Waals surface area (Å²) in [6, 6.07) is 21.5. The SMILES string of the molecule is CCCCOc1ccc(-c2ccc(C(=O)/C=C/c3ccc4nccnc4c3)cc2)cc1. The average molecular weight is 409 g/mol. The number of hydrogen-bond donors (Lipinski definition) is 0. The van der Waals surface area contributed by atoms with Crippen LogP contribution in [0.5, 0.6) is 5.75 Å². The van der Waals surface area contributed by atoms with Crippen molar-refractivity contribution < 1.29 is 9.53 Å². The van der Waals surface area contributed by atoms with E-state index in [1.54, 1.807) is 18.5 Å². The quantitative estimate of drug-likeness (QED) is 0.193. The molecule has 0 bridgehead atoms. The monoisotopic (exact) mass is 408 g/mol. The van der Waals surface area contributed by atoms with Gasteiger partial charge in [-0.1, -0.05) is 61.9 Å². The van der Waals surface area contributed by atoms with Gasteiger partial charge in [-0.3, -0.25) is 14.8 Å². The van der Waals surface area contributed by atoms with E-state index in [1.165, 1.54) is 0 Å². The molecule has 1 heterocycles. The van der Waals surface area contributed by atoms with E-state index in [0.29, 0.717) is 5.56 Å². The maximum atomic E-state index is 12.6. The highest BCUT2D eigenvalue weighted by Crippen LogP contribution is 2.23. The molecule has 154 valence electrons. The van der Waals surface area contributed by atoms with Crippen molar-refractivity contribution in [1.29, 1.82) is 0 Å². The van der Waals surface area contributed by atoms with Gasteiger partial charge in [-0.15, -0.1) is 0 Å². The molecule has 0 radical (unpaired) electrons. The van der Waals surface area contributed by atoms with Gasteiger partial charge in [-0.25, -0.2) is 0 Å². The minimum atomic E-state index is -0.0366. The van der Waals surface area contributed by atoms with Gasteiger partial charge < -0.3 is 4.74 Å². The second-order valence-electron chi connectivity index (χ2n) is 7.31. The Labute approximate surface area is 182 Å². The predicted molar refractivity (Wildman–Crippen MR) is 125 cm³/mol. The number of ketones is 1. The summed E-state index contributed by atoms with van der Waals surface area (Å²) in [5.74, 6) is 0.847. The molecule has 0 N–H and O–H groups in total.